The van der Waals surface area contributed by atoms with Crippen LogP contribution in [0, 0.1) is 0 Å². The van der Waals surface area contributed by atoms with Gasteiger partial charge < -0.3 is 15.7 Å². The largest absolute Gasteiger partial charge is 0.393 e. The molecule has 1 aliphatic rings. The van der Waals surface area contributed by atoms with E-state index in [0.717, 1.165) is 12.8 Å². The number of rotatable bonds is 6. The van der Waals surface area contributed by atoms with Crippen molar-refractivity contribution in [2.75, 3.05) is 13.1 Å². The van der Waals surface area contributed by atoms with Gasteiger partial charge in [0.2, 0.25) is 0 Å². The Labute approximate surface area is 120 Å². The molecule has 1 aromatic rings. The van der Waals surface area contributed by atoms with Gasteiger partial charge in [-0.2, -0.15) is 0 Å². The minimum absolute atomic E-state index is 0.114. The van der Waals surface area contributed by atoms with Gasteiger partial charge >= 0.3 is 6.03 Å². The van der Waals surface area contributed by atoms with Gasteiger partial charge in [-0.1, -0.05) is 36.8 Å². The Bertz CT molecular complexity index is 427. The Morgan fingerprint density at radius 3 is 2.55 bits per heavy atom. The van der Waals surface area contributed by atoms with Gasteiger partial charge in [-0.25, -0.2) is 4.79 Å². The van der Waals surface area contributed by atoms with Crippen molar-refractivity contribution < 1.29 is 9.90 Å². The number of hydrogen-bond acceptors (Lipinski definition) is 2. The average molecular weight is 276 g/mol. The Morgan fingerprint density at radius 1 is 1.30 bits per heavy atom. The number of benzene rings is 1. The highest BCUT2D eigenvalue weighted by molar-refractivity contribution is 5.74. The second kappa shape index (κ2) is 6.75. The van der Waals surface area contributed by atoms with E-state index in [1.54, 1.807) is 6.92 Å². The molecule has 3 N–H and O–H groups in total. The molecular weight excluding hydrogens is 252 g/mol. The van der Waals surface area contributed by atoms with Crippen LogP contribution in [0.3, 0.4) is 0 Å². The van der Waals surface area contributed by atoms with Crippen LogP contribution in [-0.2, 0) is 5.41 Å². The van der Waals surface area contributed by atoms with Crippen molar-refractivity contribution in [2.45, 2.75) is 44.1 Å². The second-order valence-corrected chi connectivity index (χ2v) is 5.75. The predicted molar refractivity (Wildman–Crippen MR) is 79.7 cm³/mol. The van der Waals surface area contributed by atoms with E-state index in [2.05, 4.69) is 34.9 Å². The molecule has 1 aliphatic carbocycles. The number of urea groups is 1. The molecule has 0 bridgehead atoms. The summed E-state index contributed by atoms with van der Waals surface area (Å²) in [5, 5.41) is 14.9. The van der Waals surface area contributed by atoms with E-state index in [4.69, 9.17) is 5.11 Å². The number of hydrogen-bond donors (Lipinski definition) is 3. The fraction of sp³-hybridized carbons (Fsp3) is 0.562. The quantitative estimate of drug-likeness (QED) is 0.746. The van der Waals surface area contributed by atoms with Crippen molar-refractivity contribution in [3.05, 3.63) is 35.9 Å². The zero-order valence-corrected chi connectivity index (χ0v) is 12.1. The zero-order chi connectivity index (χ0) is 14.4. The third-order valence-electron chi connectivity index (χ3n) is 4.13. The lowest BCUT2D eigenvalue weighted by atomic mass is 9.64. The molecule has 0 radical (unpaired) electrons. The van der Waals surface area contributed by atoms with Gasteiger partial charge in [0.15, 0.2) is 0 Å². The summed E-state index contributed by atoms with van der Waals surface area (Å²) in [6, 6.07) is 10.3. The number of amides is 2. The van der Waals surface area contributed by atoms with E-state index < -0.39 is 0 Å². The van der Waals surface area contributed by atoms with Crippen LogP contribution in [0.25, 0.3) is 0 Å². The maximum Gasteiger partial charge on any atom is 0.314 e. The van der Waals surface area contributed by atoms with Crippen molar-refractivity contribution in [2.24, 2.45) is 0 Å². The predicted octanol–water partition coefficient (Wildman–Crippen LogP) is 2.18. The molecule has 4 heteroatoms. The molecule has 110 valence electrons. The van der Waals surface area contributed by atoms with E-state index in [9.17, 15) is 4.79 Å². The van der Waals surface area contributed by atoms with Crippen LogP contribution in [0.4, 0.5) is 4.79 Å². The SMILES string of the molecule is CC(O)CCNC(=O)NCC1(c2ccccc2)CCC1. The van der Waals surface area contributed by atoms with Gasteiger partial charge in [-0.05, 0) is 31.7 Å². The topological polar surface area (TPSA) is 61.4 Å². The van der Waals surface area contributed by atoms with Crippen molar-refractivity contribution in [3.63, 3.8) is 0 Å². The third kappa shape index (κ3) is 3.73. The van der Waals surface area contributed by atoms with Gasteiger partial charge in [0.1, 0.15) is 0 Å². The van der Waals surface area contributed by atoms with E-state index in [-0.39, 0.29) is 17.6 Å². The number of carbonyl (C=O) groups excluding carboxylic acids is 1. The van der Waals surface area contributed by atoms with Crippen LogP contribution in [0.15, 0.2) is 30.3 Å². The average Bonchev–Trinajstić information content (AvgIpc) is 2.38. The van der Waals surface area contributed by atoms with Crippen LogP contribution in [-0.4, -0.2) is 30.3 Å². The molecule has 1 fully saturated rings. The summed E-state index contributed by atoms with van der Waals surface area (Å²) < 4.78 is 0. The molecule has 2 amide bonds. The first-order chi connectivity index (χ1) is 9.62. The fourth-order valence-corrected chi connectivity index (χ4v) is 2.67. The molecule has 2 rings (SSSR count). The number of aliphatic hydroxyl groups excluding tert-OH is 1. The first kappa shape index (κ1) is 14.9. The fourth-order valence-electron chi connectivity index (χ4n) is 2.67. The molecule has 0 aliphatic heterocycles. The smallest absolute Gasteiger partial charge is 0.314 e. The number of nitrogens with one attached hydrogen (secondary N) is 2. The molecule has 1 aromatic carbocycles. The molecule has 0 saturated heterocycles. The zero-order valence-electron chi connectivity index (χ0n) is 12.1. The molecule has 0 aromatic heterocycles. The lowest BCUT2D eigenvalue weighted by molar-refractivity contribution is 0.182. The monoisotopic (exact) mass is 276 g/mol. The summed E-state index contributed by atoms with van der Waals surface area (Å²) in [6.45, 7) is 2.90. The van der Waals surface area contributed by atoms with Crippen LogP contribution in [0.1, 0.15) is 38.2 Å². The Kier molecular flexibility index (Phi) is 5.01. The summed E-state index contributed by atoms with van der Waals surface area (Å²) in [5.41, 5.74) is 1.43. The minimum Gasteiger partial charge on any atom is -0.393 e. The molecule has 0 spiro atoms. The molecule has 0 heterocycles. The third-order valence-corrected chi connectivity index (χ3v) is 4.13. The van der Waals surface area contributed by atoms with Crippen molar-refractivity contribution in [3.8, 4) is 0 Å². The summed E-state index contributed by atoms with van der Waals surface area (Å²) in [5.74, 6) is 0. The highest BCUT2D eigenvalue weighted by atomic mass is 16.3. The minimum atomic E-state index is -0.377. The van der Waals surface area contributed by atoms with Gasteiger partial charge in [-0.15, -0.1) is 0 Å². The number of carbonyl (C=O) groups is 1. The highest BCUT2D eigenvalue weighted by Gasteiger charge is 2.38. The van der Waals surface area contributed by atoms with Crippen LogP contribution in [0.2, 0.25) is 0 Å². The van der Waals surface area contributed by atoms with Gasteiger partial charge in [0, 0.05) is 18.5 Å². The summed E-state index contributed by atoms with van der Waals surface area (Å²) in [6.07, 6.45) is 3.69. The first-order valence-corrected chi connectivity index (χ1v) is 7.38. The van der Waals surface area contributed by atoms with Crippen LogP contribution in [0.5, 0.6) is 0 Å². The Balaban J connectivity index is 1.81. The van der Waals surface area contributed by atoms with Crippen molar-refractivity contribution in [1.82, 2.24) is 10.6 Å². The molecule has 1 atom stereocenters. The Hall–Kier alpha value is -1.55. The van der Waals surface area contributed by atoms with Crippen molar-refractivity contribution in [1.29, 1.82) is 0 Å². The van der Waals surface area contributed by atoms with E-state index in [1.807, 2.05) is 6.07 Å². The van der Waals surface area contributed by atoms with Crippen LogP contribution >= 0.6 is 0 Å². The van der Waals surface area contributed by atoms with E-state index in [1.165, 1.54) is 12.0 Å². The second-order valence-electron chi connectivity index (χ2n) is 5.75. The van der Waals surface area contributed by atoms with Gasteiger partial charge in [0.05, 0.1) is 6.10 Å². The molecule has 4 nitrogen and oxygen atoms in total. The summed E-state index contributed by atoms with van der Waals surface area (Å²) >= 11 is 0. The summed E-state index contributed by atoms with van der Waals surface area (Å²) in [4.78, 5) is 11.7. The highest BCUT2D eigenvalue weighted by Crippen LogP contribution is 2.43. The van der Waals surface area contributed by atoms with Gasteiger partial charge in [0.25, 0.3) is 0 Å². The number of aliphatic hydroxyl groups is 1. The first-order valence-electron chi connectivity index (χ1n) is 7.38. The van der Waals surface area contributed by atoms with E-state index >= 15 is 0 Å². The lowest BCUT2D eigenvalue weighted by Crippen LogP contribution is -2.48. The van der Waals surface area contributed by atoms with Gasteiger partial charge in [-0.3, -0.25) is 0 Å². The van der Waals surface area contributed by atoms with E-state index in [0.29, 0.717) is 19.5 Å². The van der Waals surface area contributed by atoms with Crippen molar-refractivity contribution >= 4 is 6.03 Å². The molecule has 1 unspecified atom stereocenters. The van der Waals surface area contributed by atoms with Crippen LogP contribution < -0.4 is 10.6 Å². The normalized spacial score (nSPS) is 17.9. The summed E-state index contributed by atoms with van der Waals surface area (Å²) in [7, 11) is 0. The molecular formula is C16H24N2O2. The maximum atomic E-state index is 11.7. The molecule has 20 heavy (non-hydrogen) atoms. The Morgan fingerprint density at radius 2 is 2.00 bits per heavy atom. The maximum absolute atomic E-state index is 11.7. The molecule has 1 saturated carbocycles. The standard InChI is InChI=1S/C16H24N2O2/c1-13(19)8-11-17-15(20)18-12-16(9-5-10-16)14-6-3-2-4-7-14/h2-4,6-7,13,19H,5,8-12H2,1H3,(H2,17,18,20). The lowest BCUT2D eigenvalue weighted by Gasteiger charge is -2.42.